The Labute approximate surface area is 198 Å². The molecule has 0 unspecified atom stereocenters. The number of aryl methyl sites for hydroxylation is 1. The van der Waals surface area contributed by atoms with E-state index in [2.05, 4.69) is 32.8 Å². The molecule has 34 heavy (non-hydrogen) atoms. The number of ether oxygens (including phenoxy) is 2. The summed E-state index contributed by atoms with van der Waals surface area (Å²) in [5, 5.41) is 11.2. The lowest BCUT2D eigenvalue weighted by Crippen LogP contribution is -2.63. The predicted octanol–water partition coefficient (Wildman–Crippen LogP) is 3.80. The highest BCUT2D eigenvalue weighted by Gasteiger charge is 2.35. The molecule has 8 heteroatoms. The van der Waals surface area contributed by atoms with Gasteiger partial charge in [0.15, 0.2) is 22.9 Å². The monoisotopic (exact) mass is 462 g/mol. The van der Waals surface area contributed by atoms with Gasteiger partial charge in [-0.15, -0.1) is 0 Å². The van der Waals surface area contributed by atoms with Crippen LogP contribution in [-0.2, 0) is 4.79 Å². The zero-order chi connectivity index (χ0) is 23.1. The third-order valence-corrected chi connectivity index (χ3v) is 7.40. The van der Waals surface area contributed by atoms with Gasteiger partial charge in [0.25, 0.3) is 0 Å². The molecule has 1 aromatic heterocycles. The molecule has 2 N–H and O–H groups in total. The first-order chi connectivity index (χ1) is 16.6. The Hall–Kier alpha value is -3.26. The van der Waals surface area contributed by atoms with Crippen molar-refractivity contribution in [2.45, 2.75) is 50.6 Å². The summed E-state index contributed by atoms with van der Waals surface area (Å²) in [6.07, 6.45) is 4.76. The number of amides is 1. The van der Waals surface area contributed by atoms with E-state index < -0.39 is 0 Å². The van der Waals surface area contributed by atoms with Gasteiger partial charge in [0.2, 0.25) is 12.7 Å². The maximum Gasteiger partial charge on any atom is 0.239 e. The van der Waals surface area contributed by atoms with Gasteiger partial charge in [-0.2, -0.15) is 0 Å². The Balaban J connectivity index is 0.937. The van der Waals surface area contributed by atoms with Gasteiger partial charge in [-0.25, -0.2) is 0 Å². The summed E-state index contributed by atoms with van der Waals surface area (Å²) in [6.45, 7) is 4.39. The molecule has 0 spiro atoms. The second-order valence-corrected chi connectivity index (χ2v) is 9.72. The highest BCUT2D eigenvalue weighted by molar-refractivity contribution is 5.90. The van der Waals surface area contributed by atoms with E-state index in [0.717, 1.165) is 41.1 Å². The molecule has 0 atom stereocenters. The van der Waals surface area contributed by atoms with E-state index in [1.165, 1.54) is 31.2 Å². The minimum Gasteiger partial charge on any atom is -0.454 e. The molecule has 1 aliphatic carbocycles. The first-order valence-corrected chi connectivity index (χ1v) is 12.2. The molecule has 0 radical (unpaired) electrons. The molecule has 178 valence electrons. The number of likely N-dealkylation sites (tertiary alicyclic amines) is 1. The van der Waals surface area contributed by atoms with Gasteiger partial charge in [-0.1, -0.05) is 22.9 Å². The van der Waals surface area contributed by atoms with Gasteiger partial charge in [0.05, 0.1) is 18.0 Å². The quantitative estimate of drug-likeness (QED) is 0.576. The van der Waals surface area contributed by atoms with Gasteiger partial charge in [0.1, 0.15) is 0 Å². The zero-order valence-electron chi connectivity index (χ0n) is 19.4. The van der Waals surface area contributed by atoms with E-state index in [4.69, 9.17) is 14.0 Å². The second kappa shape index (κ2) is 8.83. The van der Waals surface area contributed by atoms with E-state index in [-0.39, 0.29) is 18.5 Å². The van der Waals surface area contributed by atoms with E-state index >= 15 is 0 Å². The minimum absolute atomic E-state index is 0.0139. The average Bonchev–Trinajstić information content (AvgIpc) is 3.46. The number of carbonyl (C=O) groups is 1. The Morgan fingerprint density at radius 1 is 1.06 bits per heavy atom. The second-order valence-electron chi connectivity index (χ2n) is 9.72. The van der Waals surface area contributed by atoms with Crippen molar-refractivity contribution in [2.24, 2.45) is 0 Å². The highest BCUT2D eigenvalue weighted by atomic mass is 16.7. The standard InChI is InChI=1S/C26H30N4O4/c1-16-2-8-22-21(10-16)26(29-34-22)27-12-25(31)28-19-13-30(14-19)20-6-3-17(4-7-20)18-5-9-23-24(11-18)33-15-32-23/h2,5,8-11,17,19-20H,3-4,6-7,12-15H2,1H3,(H,27,29)(H,28,31)/t17-,20+. The van der Waals surface area contributed by atoms with Gasteiger partial charge in [-0.05, 0) is 68.4 Å². The SMILES string of the molecule is Cc1ccc2onc(NCC(=O)NC3CN([C@H]4CC[C@@H](c5ccc6c(c5)OCO6)CC4)C3)c2c1. The molecule has 3 aromatic rings. The maximum atomic E-state index is 12.4. The highest BCUT2D eigenvalue weighted by Crippen LogP contribution is 2.40. The molecule has 1 saturated carbocycles. The lowest BCUT2D eigenvalue weighted by Gasteiger charge is -2.46. The Bertz CT molecular complexity index is 1190. The molecule has 0 bridgehead atoms. The van der Waals surface area contributed by atoms with Crippen molar-refractivity contribution in [1.29, 1.82) is 0 Å². The summed E-state index contributed by atoms with van der Waals surface area (Å²) in [5.41, 5.74) is 3.21. The molecule has 3 heterocycles. The number of rotatable bonds is 6. The van der Waals surface area contributed by atoms with Crippen LogP contribution >= 0.6 is 0 Å². The molecule has 3 aliphatic rings. The lowest BCUT2D eigenvalue weighted by atomic mass is 9.80. The minimum atomic E-state index is -0.0139. The first-order valence-electron chi connectivity index (χ1n) is 12.2. The fourth-order valence-corrected chi connectivity index (χ4v) is 5.47. The van der Waals surface area contributed by atoms with Gasteiger partial charge in [-0.3, -0.25) is 9.69 Å². The van der Waals surface area contributed by atoms with Gasteiger partial charge < -0.3 is 24.6 Å². The van der Waals surface area contributed by atoms with Crippen LogP contribution in [0, 0.1) is 6.92 Å². The third-order valence-electron chi connectivity index (χ3n) is 7.40. The molecule has 1 saturated heterocycles. The number of hydrogen-bond donors (Lipinski definition) is 2. The van der Waals surface area contributed by atoms with Crippen molar-refractivity contribution in [3.8, 4) is 11.5 Å². The summed E-state index contributed by atoms with van der Waals surface area (Å²) < 4.78 is 16.3. The number of nitrogens with zero attached hydrogens (tertiary/aromatic N) is 2. The van der Waals surface area contributed by atoms with Crippen LogP contribution in [0.25, 0.3) is 11.0 Å². The molecule has 1 amide bonds. The smallest absolute Gasteiger partial charge is 0.239 e. The summed E-state index contributed by atoms with van der Waals surface area (Å²) in [4.78, 5) is 15.0. The molecule has 2 fully saturated rings. The number of anilines is 1. The summed E-state index contributed by atoms with van der Waals surface area (Å²) in [5.74, 6) is 2.92. The summed E-state index contributed by atoms with van der Waals surface area (Å²) >= 11 is 0. The third kappa shape index (κ3) is 4.18. The van der Waals surface area contributed by atoms with Gasteiger partial charge >= 0.3 is 0 Å². The number of fused-ring (bicyclic) bond motifs is 2. The van der Waals surface area contributed by atoms with E-state index in [1.807, 2.05) is 31.2 Å². The van der Waals surface area contributed by atoms with Crippen LogP contribution in [0.1, 0.15) is 42.7 Å². The van der Waals surface area contributed by atoms with Crippen LogP contribution in [-0.4, -0.2) is 54.5 Å². The number of aromatic nitrogens is 1. The Kier molecular flexibility index (Phi) is 5.53. The predicted molar refractivity (Wildman–Crippen MR) is 128 cm³/mol. The number of carbonyl (C=O) groups excluding carboxylic acids is 1. The fourth-order valence-electron chi connectivity index (χ4n) is 5.47. The van der Waals surface area contributed by atoms with Crippen molar-refractivity contribution < 1.29 is 18.8 Å². The number of hydrogen-bond acceptors (Lipinski definition) is 7. The van der Waals surface area contributed by atoms with Crippen molar-refractivity contribution >= 4 is 22.7 Å². The molecule has 8 nitrogen and oxygen atoms in total. The normalized spacial score (nSPS) is 22.5. The van der Waals surface area contributed by atoms with Crippen molar-refractivity contribution in [3.05, 3.63) is 47.5 Å². The summed E-state index contributed by atoms with van der Waals surface area (Å²) in [6, 6.07) is 13.1. The topological polar surface area (TPSA) is 88.9 Å². The lowest BCUT2D eigenvalue weighted by molar-refractivity contribution is -0.121. The number of nitrogens with one attached hydrogen (secondary N) is 2. The molecule has 2 aliphatic heterocycles. The molecule has 2 aromatic carbocycles. The number of benzene rings is 2. The van der Waals surface area contributed by atoms with Crippen molar-refractivity contribution in [1.82, 2.24) is 15.4 Å². The van der Waals surface area contributed by atoms with E-state index in [0.29, 0.717) is 24.6 Å². The zero-order valence-corrected chi connectivity index (χ0v) is 19.4. The molecule has 6 rings (SSSR count). The average molecular weight is 463 g/mol. The molecular weight excluding hydrogens is 432 g/mol. The van der Waals surface area contributed by atoms with Crippen LogP contribution in [0.4, 0.5) is 5.82 Å². The van der Waals surface area contributed by atoms with Crippen LogP contribution in [0.5, 0.6) is 11.5 Å². The summed E-state index contributed by atoms with van der Waals surface area (Å²) in [7, 11) is 0. The Morgan fingerprint density at radius 3 is 2.74 bits per heavy atom. The fraction of sp³-hybridized carbons (Fsp3) is 0.462. The molecular formula is C26H30N4O4. The van der Waals surface area contributed by atoms with Crippen LogP contribution in [0.3, 0.4) is 0 Å². The van der Waals surface area contributed by atoms with Crippen molar-refractivity contribution in [2.75, 3.05) is 31.7 Å². The van der Waals surface area contributed by atoms with Crippen LogP contribution < -0.4 is 20.1 Å². The van der Waals surface area contributed by atoms with Crippen LogP contribution in [0.15, 0.2) is 40.9 Å². The largest absolute Gasteiger partial charge is 0.454 e. The van der Waals surface area contributed by atoms with Gasteiger partial charge in [0, 0.05) is 19.1 Å². The first kappa shape index (κ1) is 21.3. The Morgan fingerprint density at radius 2 is 1.88 bits per heavy atom. The van der Waals surface area contributed by atoms with Crippen molar-refractivity contribution in [3.63, 3.8) is 0 Å². The van der Waals surface area contributed by atoms with Crippen LogP contribution in [0.2, 0.25) is 0 Å². The maximum absolute atomic E-state index is 12.4. The van der Waals surface area contributed by atoms with E-state index in [1.54, 1.807) is 0 Å². The van der Waals surface area contributed by atoms with E-state index in [9.17, 15) is 4.79 Å².